The van der Waals surface area contributed by atoms with Gasteiger partial charge in [0.15, 0.2) is 0 Å². The standard InChI is InChI=1S/C6H8N2.H3N/c1-2-6-5-7-3-4-8-6;/h3-5H,2H2,1H3;1H3. The van der Waals surface area contributed by atoms with Crippen molar-refractivity contribution in [1.82, 2.24) is 16.1 Å². The Hall–Kier alpha value is -0.960. The fourth-order valence-corrected chi connectivity index (χ4v) is 0.513. The van der Waals surface area contributed by atoms with Gasteiger partial charge in [0.25, 0.3) is 0 Å². The molecule has 50 valence electrons. The highest BCUT2D eigenvalue weighted by Gasteiger charge is 1.82. The molecule has 0 spiro atoms. The highest BCUT2D eigenvalue weighted by molar-refractivity contribution is 4.92. The number of hydrogen-bond acceptors (Lipinski definition) is 3. The van der Waals surface area contributed by atoms with Gasteiger partial charge in [-0.2, -0.15) is 0 Å². The third-order valence-electron chi connectivity index (χ3n) is 0.979. The molecule has 3 nitrogen and oxygen atoms in total. The molecule has 0 bridgehead atoms. The lowest BCUT2D eigenvalue weighted by Crippen LogP contribution is -1.84. The molecule has 9 heavy (non-hydrogen) atoms. The number of hydrogen-bond donors (Lipinski definition) is 1. The zero-order chi connectivity index (χ0) is 5.82. The second-order valence-corrected chi connectivity index (χ2v) is 1.55. The van der Waals surface area contributed by atoms with Crippen LogP contribution in [0.2, 0.25) is 0 Å². The number of nitrogens with zero attached hydrogens (tertiary/aromatic N) is 2. The van der Waals surface area contributed by atoms with Crippen LogP contribution >= 0.6 is 0 Å². The maximum Gasteiger partial charge on any atom is 0.0583 e. The van der Waals surface area contributed by atoms with Crippen LogP contribution in [0.5, 0.6) is 0 Å². The third kappa shape index (κ3) is 2.19. The molecule has 0 saturated heterocycles. The fraction of sp³-hybridized carbons (Fsp3) is 0.333. The quantitative estimate of drug-likeness (QED) is 0.613. The summed E-state index contributed by atoms with van der Waals surface area (Å²) in [4.78, 5) is 7.93. The molecule has 1 heterocycles. The van der Waals surface area contributed by atoms with Gasteiger partial charge < -0.3 is 6.15 Å². The van der Waals surface area contributed by atoms with E-state index in [0.717, 1.165) is 12.1 Å². The van der Waals surface area contributed by atoms with Crippen molar-refractivity contribution in [3.8, 4) is 0 Å². The first-order chi connectivity index (χ1) is 3.93. The van der Waals surface area contributed by atoms with Crippen LogP contribution in [-0.4, -0.2) is 9.97 Å². The average Bonchev–Trinajstić information content (AvgIpc) is 1.90. The van der Waals surface area contributed by atoms with Gasteiger partial charge in [-0.3, -0.25) is 9.97 Å². The van der Waals surface area contributed by atoms with Crippen molar-refractivity contribution in [3.63, 3.8) is 0 Å². The minimum absolute atomic E-state index is 0. The number of rotatable bonds is 1. The molecule has 0 aliphatic rings. The van der Waals surface area contributed by atoms with Crippen molar-refractivity contribution in [2.24, 2.45) is 0 Å². The summed E-state index contributed by atoms with van der Waals surface area (Å²) in [5.41, 5.74) is 1.05. The maximum absolute atomic E-state index is 4.03. The molecule has 1 aromatic heterocycles. The molecule has 0 aliphatic carbocycles. The van der Waals surface area contributed by atoms with Crippen molar-refractivity contribution < 1.29 is 0 Å². The van der Waals surface area contributed by atoms with Crippen LogP contribution in [-0.2, 0) is 6.42 Å². The van der Waals surface area contributed by atoms with Crippen molar-refractivity contribution in [3.05, 3.63) is 24.3 Å². The normalized spacial score (nSPS) is 8.11. The molecule has 1 aromatic rings. The van der Waals surface area contributed by atoms with E-state index in [1.165, 1.54) is 0 Å². The predicted octanol–water partition coefficient (Wildman–Crippen LogP) is 1.20. The van der Waals surface area contributed by atoms with Crippen molar-refractivity contribution in [2.75, 3.05) is 0 Å². The van der Waals surface area contributed by atoms with E-state index in [-0.39, 0.29) is 6.15 Å². The van der Waals surface area contributed by atoms with Crippen LogP contribution < -0.4 is 6.15 Å². The lowest BCUT2D eigenvalue weighted by atomic mass is 10.4. The van der Waals surface area contributed by atoms with E-state index in [9.17, 15) is 0 Å². The summed E-state index contributed by atoms with van der Waals surface area (Å²) in [6.45, 7) is 2.06. The van der Waals surface area contributed by atoms with Gasteiger partial charge in [-0.1, -0.05) is 6.92 Å². The van der Waals surface area contributed by atoms with Crippen LogP contribution in [0.4, 0.5) is 0 Å². The van der Waals surface area contributed by atoms with Gasteiger partial charge in [0.2, 0.25) is 0 Å². The molecule has 0 radical (unpaired) electrons. The molecule has 0 amide bonds. The lowest BCUT2D eigenvalue weighted by Gasteiger charge is -1.88. The van der Waals surface area contributed by atoms with Crippen LogP contribution in [0, 0.1) is 0 Å². The lowest BCUT2D eigenvalue weighted by molar-refractivity contribution is 1.000. The maximum atomic E-state index is 4.03. The molecule has 3 heteroatoms. The Kier molecular flexibility index (Phi) is 3.55. The Bertz CT molecular complexity index is 150. The SMILES string of the molecule is CCc1cnccn1.N. The summed E-state index contributed by atoms with van der Waals surface area (Å²) < 4.78 is 0. The van der Waals surface area contributed by atoms with Gasteiger partial charge in [-0.05, 0) is 6.42 Å². The van der Waals surface area contributed by atoms with E-state index >= 15 is 0 Å². The summed E-state index contributed by atoms with van der Waals surface area (Å²) in [6, 6.07) is 0. The smallest absolute Gasteiger partial charge is 0.0583 e. The predicted molar refractivity (Wildman–Crippen MR) is 36.4 cm³/mol. The second-order valence-electron chi connectivity index (χ2n) is 1.55. The van der Waals surface area contributed by atoms with E-state index in [1.54, 1.807) is 18.6 Å². The van der Waals surface area contributed by atoms with Gasteiger partial charge in [0, 0.05) is 18.6 Å². The highest BCUT2D eigenvalue weighted by Crippen LogP contribution is 1.87. The van der Waals surface area contributed by atoms with Crippen LogP contribution in [0.3, 0.4) is 0 Å². The zero-order valence-corrected chi connectivity index (χ0v) is 5.54. The van der Waals surface area contributed by atoms with Gasteiger partial charge in [-0.15, -0.1) is 0 Å². The van der Waals surface area contributed by atoms with Gasteiger partial charge >= 0.3 is 0 Å². The Morgan fingerprint density at radius 3 is 2.56 bits per heavy atom. The van der Waals surface area contributed by atoms with Crippen LogP contribution in [0.25, 0.3) is 0 Å². The Labute approximate surface area is 54.7 Å². The summed E-state index contributed by atoms with van der Waals surface area (Å²) in [5, 5.41) is 0. The highest BCUT2D eigenvalue weighted by atomic mass is 14.8. The van der Waals surface area contributed by atoms with Gasteiger partial charge in [0.1, 0.15) is 0 Å². The van der Waals surface area contributed by atoms with E-state index in [0.29, 0.717) is 0 Å². The van der Waals surface area contributed by atoms with Crippen LogP contribution in [0.15, 0.2) is 18.6 Å². The Balaban J connectivity index is 0.000000640. The first-order valence-electron chi connectivity index (χ1n) is 2.68. The number of aryl methyl sites for hydroxylation is 1. The molecule has 0 aliphatic heterocycles. The van der Waals surface area contributed by atoms with E-state index in [1.807, 2.05) is 0 Å². The zero-order valence-electron chi connectivity index (χ0n) is 5.54. The molecule has 0 aromatic carbocycles. The first kappa shape index (κ1) is 8.04. The summed E-state index contributed by atoms with van der Waals surface area (Å²) in [6.07, 6.45) is 6.13. The fourth-order valence-electron chi connectivity index (χ4n) is 0.513. The second kappa shape index (κ2) is 3.97. The summed E-state index contributed by atoms with van der Waals surface area (Å²) in [7, 11) is 0. The molecule has 0 fully saturated rings. The van der Waals surface area contributed by atoms with E-state index < -0.39 is 0 Å². The third-order valence-corrected chi connectivity index (χ3v) is 0.979. The minimum Gasteiger partial charge on any atom is -0.344 e. The topological polar surface area (TPSA) is 60.8 Å². The minimum atomic E-state index is 0. The monoisotopic (exact) mass is 125 g/mol. The Morgan fingerprint density at radius 2 is 2.22 bits per heavy atom. The van der Waals surface area contributed by atoms with Crippen molar-refractivity contribution >= 4 is 0 Å². The molecule has 0 unspecified atom stereocenters. The average molecular weight is 125 g/mol. The molecular weight excluding hydrogens is 114 g/mol. The summed E-state index contributed by atoms with van der Waals surface area (Å²) in [5.74, 6) is 0. The van der Waals surface area contributed by atoms with Crippen molar-refractivity contribution in [1.29, 1.82) is 0 Å². The first-order valence-corrected chi connectivity index (χ1v) is 2.68. The molecule has 1 rings (SSSR count). The summed E-state index contributed by atoms with van der Waals surface area (Å²) >= 11 is 0. The molecular formula is C6H11N3. The number of aromatic nitrogens is 2. The molecule has 0 saturated carbocycles. The van der Waals surface area contributed by atoms with Crippen LogP contribution in [0.1, 0.15) is 12.6 Å². The largest absolute Gasteiger partial charge is 0.344 e. The van der Waals surface area contributed by atoms with Gasteiger partial charge in [-0.25, -0.2) is 0 Å². The van der Waals surface area contributed by atoms with Gasteiger partial charge in [0.05, 0.1) is 5.69 Å². The van der Waals surface area contributed by atoms with Crippen molar-refractivity contribution in [2.45, 2.75) is 13.3 Å². The molecule has 3 N–H and O–H groups in total. The molecule has 0 atom stereocenters. The van der Waals surface area contributed by atoms with E-state index in [4.69, 9.17) is 0 Å². The Morgan fingerprint density at radius 1 is 1.44 bits per heavy atom. The van der Waals surface area contributed by atoms with E-state index in [2.05, 4.69) is 16.9 Å².